The van der Waals surface area contributed by atoms with Crippen molar-refractivity contribution in [2.24, 2.45) is 0 Å². The molecule has 1 aromatic carbocycles. The van der Waals surface area contributed by atoms with E-state index in [0.29, 0.717) is 5.56 Å². The Balaban J connectivity index is 2.53. The molecule has 5 nitrogen and oxygen atoms in total. The first-order valence-electron chi connectivity index (χ1n) is 6.13. The predicted octanol–water partition coefficient (Wildman–Crippen LogP) is 2.54. The third kappa shape index (κ3) is 5.72. The van der Waals surface area contributed by atoms with Crippen LogP contribution in [-0.2, 0) is 11.0 Å². The molecule has 0 saturated heterocycles. The van der Waals surface area contributed by atoms with E-state index < -0.39 is 29.8 Å². The Labute approximate surface area is 119 Å². The van der Waals surface area contributed by atoms with E-state index >= 15 is 0 Å². The van der Waals surface area contributed by atoms with E-state index in [0.717, 1.165) is 12.1 Å². The van der Waals surface area contributed by atoms with Gasteiger partial charge in [-0.05, 0) is 24.6 Å². The summed E-state index contributed by atoms with van der Waals surface area (Å²) in [7, 11) is 0. The second-order valence-electron chi connectivity index (χ2n) is 4.39. The van der Waals surface area contributed by atoms with Gasteiger partial charge in [-0.3, -0.25) is 4.79 Å². The Kier molecular flexibility index (Phi) is 5.57. The Morgan fingerprint density at radius 2 is 1.81 bits per heavy atom. The largest absolute Gasteiger partial charge is 0.481 e. The molecule has 0 spiro atoms. The Morgan fingerprint density at radius 3 is 2.29 bits per heavy atom. The lowest BCUT2D eigenvalue weighted by Crippen LogP contribution is -2.38. The summed E-state index contributed by atoms with van der Waals surface area (Å²) in [5, 5.41) is 13.3. The van der Waals surface area contributed by atoms with Crippen molar-refractivity contribution < 1.29 is 27.9 Å². The summed E-state index contributed by atoms with van der Waals surface area (Å²) in [4.78, 5) is 21.7. The number of rotatable bonds is 5. The first-order chi connectivity index (χ1) is 9.70. The molecule has 1 atom stereocenters. The number of hydrogen-bond donors (Lipinski definition) is 3. The Bertz CT molecular complexity index is 500. The number of nitrogens with one attached hydrogen (secondary N) is 2. The van der Waals surface area contributed by atoms with Gasteiger partial charge in [-0.15, -0.1) is 0 Å². The zero-order valence-electron chi connectivity index (χ0n) is 11.2. The number of aliphatic carboxylic acids is 1. The first kappa shape index (κ1) is 16.8. The van der Waals surface area contributed by atoms with Gasteiger partial charge in [0.15, 0.2) is 0 Å². The smallest absolute Gasteiger partial charge is 0.416 e. The van der Waals surface area contributed by atoms with Crippen LogP contribution in [0.25, 0.3) is 0 Å². The minimum Gasteiger partial charge on any atom is -0.481 e. The molecule has 0 aliphatic heterocycles. The fourth-order valence-corrected chi connectivity index (χ4v) is 1.57. The number of alkyl halides is 3. The van der Waals surface area contributed by atoms with Gasteiger partial charge in [-0.1, -0.05) is 12.1 Å². The minimum absolute atomic E-state index is 0.0269. The monoisotopic (exact) mass is 304 g/mol. The standard InChI is InChI=1S/C13H15F3N2O3/c1-8(18-12(21)17-7-6-11(19)20)9-2-4-10(5-3-9)13(14,15)16/h2-5,8H,6-7H2,1H3,(H,19,20)(H2,17,18,21)/t8-/m0/s1. The lowest BCUT2D eigenvalue weighted by molar-refractivity contribution is -0.138. The normalized spacial score (nSPS) is 12.6. The number of halogens is 3. The van der Waals surface area contributed by atoms with Crippen LogP contribution in [0, 0.1) is 0 Å². The summed E-state index contributed by atoms with van der Waals surface area (Å²) in [6, 6.07) is 3.36. The molecule has 1 aromatic rings. The topological polar surface area (TPSA) is 78.4 Å². The van der Waals surface area contributed by atoms with Gasteiger partial charge in [0, 0.05) is 6.54 Å². The average molecular weight is 304 g/mol. The van der Waals surface area contributed by atoms with Gasteiger partial charge in [0.25, 0.3) is 0 Å². The highest BCUT2D eigenvalue weighted by Gasteiger charge is 2.30. The fourth-order valence-electron chi connectivity index (χ4n) is 1.57. The van der Waals surface area contributed by atoms with E-state index in [4.69, 9.17) is 5.11 Å². The fraction of sp³-hybridized carbons (Fsp3) is 0.385. The number of amides is 2. The van der Waals surface area contributed by atoms with Gasteiger partial charge in [0.05, 0.1) is 18.0 Å². The van der Waals surface area contributed by atoms with Crippen molar-refractivity contribution in [3.63, 3.8) is 0 Å². The van der Waals surface area contributed by atoms with Crippen LogP contribution in [0.5, 0.6) is 0 Å². The molecular weight excluding hydrogens is 289 g/mol. The third-order valence-corrected chi connectivity index (χ3v) is 2.71. The molecule has 21 heavy (non-hydrogen) atoms. The first-order valence-corrected chi connectivity index (χ1v) is 6.13. The maximum absolute atomic E-state index is 12.4. The number of carbonyl (C=O) groups is 2. The molecule has 0 radical (unpaired) electrons. The van der Waals surface area contributed by atoms with Gasteiger partial charge in [0.1, 0.15) is 0 Å². The van der Waals surface area contributed by atoms with E-state index in [1.165, 1.54) is 12.1 Å². The summed E-state index contributed by atoms with van der Waals surface area (Å²) in [6.07, 6.45) is -4.61. The van der Waals surface area contributed by atoms with E-state index in [2.05, 4.69) is 10.6 Å². The van der Waals surface area contributed by atoms with E-state index in [1.807, 2.05) is 0 Å². The minimum atomic E-state index is -4.40. The van der Waals surface area contributed by atoms with Crippen LogP contribution in [-0.4, -0.2) is 23.7 Å². The van der Waals surface area contributed by atoms with Crippen molar-refractivity contribution >= 4 is 12.0 Å². The summed E-state index contributed by atoms with van der Waals surface area (Å²) in [6.45, 7) is 1.58. The summed E-state index contributed by atoms with van der Waals surface area (Å²) in [5.74, 6) is -1.04. The molecule has 116 valence electrons. The molecule has 1 rings (SSSR count). The lowest BCUT2D eigenvalue weighted by Gasteiger charge is -2.15. The molecule has 0 aliphatic rings. The zero-order valence-corrected chi connectivity index (χ0v) is 11.2. The number of carboxylic acid groups (broad SMARTS) is 1. The van der Waals surface area contributed by atoms with Crippen LogP contribution in [0.2, 0.25) is 0 Å². The van der Waals surface area contributed by atoms with Crippen LogP contribution in [0.3, 0.4) is 0 Å². The second kappa shape index (κ2) is 6.96. The number of hydrogen-bond acceptors (Lipinski definition) is 2. The highest BCUT2D eigenvalue weighted by Crippen LogP contribution is 2.29. The average Bonchev–Trinajstić information content (AvgIpc) is 2.37. The highest BCUT2D eigenvalue weighted by molar-refractivity contribution is 5.75. The number of urea groups is 1. The lowest BCUT2D eigenvalue weighted by atomic mass is 10.1. The molecular formula is C13H15F3N2O3. The molecule has 3 N–H and O–H groups in total. The molecule has 0 heterocycles. The van der Waals surface area contributed by atoms with Gasteiger partial charge >= 0.3 is 18.2 Å². The van der Waals surface area contributed by atoms with E-state index in [9.17, 15) is 22.8 Å². The maximum Gasteiger partial charge on any atom is 0.416 e. The highest BCUT2D eigenvalue weighted by atomic mass is 19.4. The third-order valence-electron chi connectivity index (χ3n) is 2.71. The van der Waals surface area contributed by atoms with Gasteiger partial charge in [-0.2, -0.15) is 13.2 Å². The SMILES string of the molecule is C[C@H](NC(=O)NCCC(=O)O)c1ccc(C(F)(F)F)cc1. The molecule has 8 heteroatoms. The number of benzene rings is 1. The van der Waals surface area contributed by atoms with E-state index in [-0.39, 0.29) is 13.0 Å². The van der Waals surface area contributed by atoms with Gasteiger partial charge in [-0.25, -0.2) is 4.79 Å². The quantitative estimate of drug-likeness (QED) is 0.782. The number of carbonyl (C=O) groups excluding carboxylic acids is 1. The Hall–Kier alpha value is -2.25. The van der Waals surface area contributed by atoms with Crippen LogP contribution in [0.1, 0.15) is 30.5 Å². The van der Waals surface area contributed by atoms with Crippen LogP contribution in [0.4, 0.5) is 18.0 Å². The zero-order chi connectivity index (χ0) is 16.0. The molecule has 0 fully saturated rings. The van der Waals surface area contributed by atoms with Crippen molar-refractivity contribution in [2.75, 3.05) is 6.54 Å². The van der Waals surface area contributed by atoms with Crippen molar-refractivity contribution in [2.45, 2.75) is 25.6 Å². The molecule has 0 aromatic heterocycles. The second-order valence-corrected chi connectivity index (χ2v) is 4.39. The van der Waals surface area contributed by atoms with Crippen molar-refractivity contribution in [1.29, 1.82) is 0 Å². The van der Waals surface area contributed by atoms with Crippen molar-refractivity contribution in [3.8, 4) is 0 Å². The number of carboxylic acids is 1. The molecule has 0 aliphatic carbocycles. The Morgan fingerprint density at radius 1 is 1.24 bits per heavy atom. The maximum atomic E-state index is 12.4. The molecule has 0 bridgehead atoms. The summed E-state index contributed by atoms with van der Waals surface area (Å²) >= 11 is 0. The predicted molar refractivity (Wildman–Crippen MR) is 68.6 cm³/mol. The van der Waals surface area contributed by atoms with Crippen LogP contribution < -0.4 is 10.6 Å². The summed E-state index contributed by atoms with van der Waals surface area (Å²) < 4.78 is 37.2. The van der Waals surface area contributed by atoms with Crippen LogP contribution in [0.15, 0.2) is 24.3 Å². The summed E-state index contributed by atoms with van der Waals surface area (Å²) in [5.41, 5.74) is -0.249. The van der Waals surface area contributed by atoms with Gasteiger partial charge in [0.2, 0.25) is 0 Å². The van der Waals surface area contributed by atoms with Crippen molar-refractivity contribution in [3.05, 3.63) is 35.4 Å². The van der Waals surface area contributed by atoms with Crippen molar-refractivity contribution in [1.82, 2.24) is 10.6 Å². The molecule has 0 saturated carbocycles. The van der Waals surface area contributed by atoms with Crippen LogP contribution >= 0.6 is 0 Å². The van der Waals surface area contributed by atoms with Gasteiger partial charge < -0.3 is 15.7 Å². The molecule has 0 unspecified atom stereocenters. The van der Waals surface area contributed by atoms with E-state index in [1.54, 1.807) is 6.92 Å². The molecule has 2 amide bonds.